The molecule has 1 aliphatic heterocycles. The van der Waals surface area contributed by atoms with Gasteiger partial charge in [0.05, 0.1) is 13.2 Å². The van der Waals surface area contributed by atoms with Crippen LogP contribution in [0.4, 0.5) is 5.69 Å². The third kappa shape index (κ3) is 2.85. The zero-order valence-electron chi connectivity index (χ0n) is 10.9. The van der Waals surface area contributed by atoms with Crippen molar-refractivity contribution in [1.29, 1.82) is 0 Å². The highest BCUT2D eigenvalue weighted by atomic mass is 16.5. The normalized spacial score (nSPS) is 20.8. The van der Waals surface area contributed by atoms with Gasteiger partial charge in [-0.25, -0.2) is 0 Å². The molecule has 0 atom stereocenters. The molecule has 1 heterocycles. The van der Waals surface area contributed by atoms with E-state index >= 15 is 0 Å². The lowest BCUT2D eigenvalue weighted by Gasteiger charge is -2.29. The molecule has 0 radical (unpaired) electrons. The third-order valence-corrected chi connectivity index (χ3v) is 4.01. The van der Waals surface area contributed by atoms with E-state index in [-0.39, 0.29) is 0 Å². The van der Waals surface area contributed by atoms with E-state index in [1.807, 2.05) is 0 Å². The molecular formula is C15H22N2O. The number of nitrogens with one attached hydrogen (secondary N) is 1. The fourth-order valence-corrected chi connectivity index (χ4v) is 2.52. The van der Waals surface area contributed by atoms with Gasteiger partial charge in [-0.15, -0.1) is 0 Å². The van der Waals surface area contributed by atoms with Crippen molar-refractivity contribution in [2.75, 3.05) is 31.2 Å². The van der Waals surface area contributed by atoms with Crippen molar-refractivity contribution >= 4 is 5.69 Å². The summed E-state index contributed by atoms with van der Waals surface area (Å²) in [7, 11) is 0. The molecule has 1 saturated heterocycles. The second-order valence-corrected chi connectivity index (χ2v) is 5.27. The largest absolute Gasteiger partial charge is 0.378 e. The Bertz CT molecular complexity index is 367. The number of hydrogen-bond acceptors (Lipinski definition) is 3. The first-order valence-corrected chi connectivity index (χ1v) is 7.07. The molecule has 0 spiro atoms. The van der Waals surface area contributed by atoms with Gasteiger partial charge in [-0.2, -0.15) is 0 Å². The van der Waals surface area contributed by atoms with Crippen LogP contribution in [0.2, 0.25) is 0 Å². The minimum Gasteiger partial charge on any atom is -0.378 e. The van der Waals surface area contributed by atoms with Crippen LogP contribution in [0.3, 0.4) is 0 Å². The standard InChI is InChI=1S/C15H22N2O/c1-2-14(3-1)16-12-13-4-6-15(7-5-13)17-8-10-18-11-9-17/h4-7,14,16H,1-3,8-12H2. The van der Waals surface area contributed by atoms with Gasteiger partial charge in [0.2, 0.25) is 0 Å². The molecule has 1 saturated carbocycles. The van der Waals surface area contributed by atoms with Crippen molar-refractivity contribution < 1.29 is 4.74 Å². The summed E-state index contributed by atoms with van der Waals surface area (Å²) in [5, 5.41) is 3.60. The van der Waals surface area contributed by atoms with E-state index in [1.54, 1.807) is 0 Å². The predicted molar refractivity (Wildman–Crippen MR) is 74.0 cm³/mol. The van der Waals surface area contributed by atoms with Gasteiger partial charge in [0.15, 0.2) is 0 Å². The second-order valence-electron chi connectivity index (χ2n) is 5.27. The molecule has 3 nitrogen and oxygen atoms in total. The van der Waals surface area contributed by atoms with Gasteiger partial charge in [0.1, 0.15) is 0 Å². The number of rotatable bonds is 4. The zero-order valence-corrected chi connectivity index (χ0v) is 10.9. The third-order valence-electron chi connectivity index (χ3n) is 4.01. The van der Waals surface area contributed by atoms with Crippen LogP contribution in [-0.2, 0) is 11.3 Å². The maximum Gasteiger partial charge on any atom is 0.0642 e. The number of nitrogens with zero attached hydrogens (tertiary/aromatic N) is 1. The van der Waals surface area contributed by atoms with Crippen LogP contribution in [0.1, 0.15) is 24.8 Å². The van der Waals surface area contributed by atoms with Crippen molar-refractivity contribution in [1.82, 2.24) is 5.32 Å². The van der Waals surface area contributed by atoms with Crippen LogP contribution >= 0.6 is 0 Å². The lowest BCUT2D eigenvalue weighted by molar-refractivity contribution is 0.122. The number of morpholine rings is 1. The van der Waals surface area contributed by atoms with E-state index in [1.165, 1.54) is 30.5 Å². The summed E-state index contributed by atoms with van der Waals surface area (Å²) in [6.07, 6.45) is 4.10. The van der Waals surface area contributed by atoms with Crippen molar-refractivity contribution in [3.63, 3.8) is 0 Å². The highest BCUT2D eigenvalue weighted by molar-refractivity contribution is 5.47. The van der Waals surface area contributed by atoms with E-state index in [0.717, 1.165) is 38.9 Å². The van der Waals surface area contributed by atoms with Gasteiger partial charge in [0.25, 0.3) is 0 Å². The van der Waals surface area contributed by atoms with Crippen molar-refractivity contribution in [3.05, 3.63) is 29.8 Å². The van der Waals surface area contributed by atoms with E-state index in [4.69, 9.17) is 4.74 Å². The number of anilines is 1. The van der Waals surface area contributed by atoms with Gasteiger partial charge < -0.3 is 15.0 Å². The van der Waals surface area contributed by atoms with Crippen LogP contribution in [0.15, 0.2) is 24.3 Å². The Morgan fingerprint density at radius 3 is 2.44 bits per heavy atom. The van der Waals surface area contributed by atoms with Crippen LogP contribution in [-0.4, -0.2) is 32.3 Å². The predicted octanol–water partition coefficient (Wildman–Crippen LogP) is 2.17. The van der Waals surface area contributed by atoms with Crippen molar-refractivity contribution in [3.8, 4) is 0 Å². The Balaban J connectivity index is 1.54. The summed E-state index contributed by atoms with van der Waals surface area (Å²) >= 11 is 0. The Hall–Kier alpha value is -1.06. The topological polar surface area (TPSA) is 24.5 Å². The molecule has 98 valence electrons. The SMILES string of the molecule is c1cc(N2CCOCC2)ccc1CNC1CCC1. The molecule has 0 bridgehead atoms. The fourth-order valence-electron chi connectivity index (χ4n) is 2.52. The van der Waals surface area contributed by atoms with E-state index in [0.29, 0.717) is 0 Å². The summed E-state index contributed by atoms with van der Waals surface area (Å²) < 4.78 is 5.38. The molecule has 1 N–H and O–H groups in total. The molecule has 0 unspecified atom stereocenters. The van der Waals surface area contributed by atoms with E-state index in [9.17, 15) is 0 Å². The molecule has 3 rings (SSSR count). The second kappa shape index (κ2) is 5.72. The van der Waals surface area contributed by atoms with E-state index < -0.39 is 0 Å². The highest BCUT2D eigenvalue weighted by Crippen LogP contribution is 2.20. The van der Waals surface area contributed by atoms with Crippen LogP contribution in [0.5, 0.6) is 0 Å². The Morgan fingerprint density at radius 1 is 1.11 bits per heavy atom. The molecule has 3 heteroatoms. The minimum atomic E-state index is 0.768. The first-order valence-electron chi connectivity index (χ1n) is 7.07. The Labute approximate surface area is 109 Å². The first-order chi connectivity index (χ1) is 8.92. The average Bonchev–Trinajstić information content (AvgIpc) is 2.39. The minimum absolute atomic E-state index is 0.768. The van der Waals surface area contributed by atoms with Gasteiger partial charge >= 0.3 is 0 Å². The molecule has 2 aliphatic rings. The molecule has 0 amide bonds. The number of ether oxygens (including phenoxy) is 1. The summed E-state index contributed by atoms with van der Waals surface area (Å²) in [6.45, 7) is 4.74. The van der Waals surface area contributed by atoms with Crippen LogP contribution in [0.25, 0.3) is 0 Å². The molecule has 18 heavy (non-hydrogen) atoms. The molecule has 1 aliphatic carbocycles. The zero-order chi connectivity index (χ0) is 12.2. The average molecular weight is 246 g/mol. The molecule has 1 aromatic carbocycles. The first kappa shape index (κ1) is 12.0. The fraction of sp³-hybridized carbons (Fsp3) is 0.600. The quantitative estimate of drug-likeness (QED) is 0.881. The molecule has 2 fully saturated rings. The molecular weight excluding hydrogens is 224 g/mol. The number of benzene rings is 1. The lowest BCUT2D eigenvalue weighted by atomic mass is 9.93. The lowest BCUT2D eigenvalue weighted by Crippen LogP contribution is -2.36. The monoisotopic (exact) mass is 246 g/mol. The van der Waals surface area contributed by atoms with Crippen LogP contribution in [0, 0.1) is 0 Å². The van der Waals surface area contributed by atoms with Gasteiger partial charge in [-0.3, -0.25) is 0 Å². The smallest absolute Gasteiger partial charge is 0.0642 e. The van der Waals surface area contributed by atoms with Crippen molar-refractivity contribution in [2.24, 2.45) is 0 Å². The molecule has 1 aromatic rings. The maximum absolute atomic E-state index is 5.38. The van der Waals surface area contributed by atoms with Gasteiger partial charge in [0, 0.05) is 31.4 Å². The summed E-state index contributed by atoms with van der Waals surface area (Å²) in [4.78, 5) is 2.40. The summed E-state index contributed by atoms with van der Waals surface area (Å²) in [5.74, 6) is 0. The van der Waals surface area contributed by atoms with Gasteiger partial charge in [-0.05, 0) is 30.5 Å². The van der Waals surface area contributed by atoms with Gasteiger partial charge in [-0.1, -0.05) is 18.6 Å². The maximum atomic E-state index is 5.38. The number of hydrogen-bond donors (Lipinski definition) is 1. The highest BCUT2D eigenvalue weighted by Gasteiger charge is 2.16. The molecule has 0 aromatic heterocycles. The Morgan fingerprint density at radius 2 is 1.83 bits per heavy atom. The van der Waals surface area contributed by atoms with E-state index in [2.05, 4.69) is 34.5 Å². The summed E-state index contributed by atoms with van der Waals surface area (Å²) in [5.41, 5.74) is 2.71. The summed E-state index contributed by atoms with van der Waals surface area (Å²) in [6, 6.07) is 9.74. The Kier molecular flexibility index (Phi) is 3.81. The van der Waals surface area contributed by atoms with Crippen LogP contribution < -0.4 is 10.2 Å². The van der Waals surface area contributed by atoms with Crippen molar-refractivity contribution in [2.45, 2.75) is 31.8 Å².